The molecule has 34 heavy (non-hydrogen) atoms. The summed E-state index contributed by atoms with van der Waals surface area (Å²) in [6.07, 6.45) is 0. The first-order valence-electron chi connectivity index (χ1n) is 10.9. The van der Waals surface area contributed by atoms with E-state index in [1.807, 2.05) is 49.9 Å². The van der Waals surface area contributed by atoms with Crippen LogP contribution in [-0.4, -0.2) is 53.6 Å². The number of hydrazone groups is 1. The number of piperazine rings is 1. The number of thioether (sulfide) groups is 1. The number of amides is 1. The Morgan fingerprint density at radius 3 is 2.56 bits per heavy atom. The highest BCUT2D eigenvalue weighted by molar-refractivity contribution is 8.00. The van der Waals surface area contributed by atoms with Gasteiger partial charge in [0.25, 0.3) is 0 Å². The SMILES string of the molecule is CC(C)(C)C(=O)N1CCN(c2cccc(-c3cc(=O)[nH]c(SC/C(=N/N)NN)c3C#N)c2)CC1. The summed E-state index contributed by atoms with van der Waals surface area (Å²) in [7, 11) is 0. The van der Waals surface area contributed by atoms with Gasteiger partial charge in [0, 0.05) is 48.9 Å². The summed E-state index contributed by atoms with van der Waals surface area (Å²) in [4.78, 5) is 31.8. The zero-order chi connectivity index (χ0) is 24.9. The monoisotopic (exact) mass is 482 g/mol. The summed E-state index contributed by atoms with van der Waals surface area (Å²) in [5, 5.41) is 13.8. The first-order chi connectivity index (χ1) is 16.2. The number of hydrazine groups is 1. The predicted octanol–water partition coefficient (Wildman–Crippen LogP) is 1.44. The molecule has 2 aromatic rings. The number of aromatic nitrogens is 1. The second kappa shape index (κ2) is 10.6. The summed E-state index contributed by atoms with van der Waals surface area (Å²) in [6, 6.07) is 11.4. The van der Waals surface area contributed by atoms with Gasteiger partial charge in [-0.15, -0.1) is 0 Å². The van der Waals surface area contributed by atoms with Crippen LogP contribution in [0.2, 0.25) is 0 Å². The van der Waals surface area contributed by atoms with Gasteiger partial charge in [0.2, 0.25) is 11.5 Å². The molecule has 1 aliphatic heterocycles. The van der Waals surface area contributed by atoms with Crippen LogP contribution in [0, 0.1) is 16.7 Å². The van der Waals surface area contributed by atoms with E-state index in [-0.39, 0.29) is 17.2 Å². The maximum Gasteiger partial charge on any atom is 0.249 e. The molecule has 1 saturated heterocycles. The minimum Gasteiger partial charge on any atom is -0.368 e. The first-order valence-corrected chi connectivity index (χ1v) is 11.8. The fraction of sp³-hybridized carbons (Fsp3) is 0.391. The molecule has 6 N–H and O–H groups in total. The molecule has 0 aliphatic carbocycles. The molecule has 0 spiro atoms. The molecule has 1 aromatic carbocycles. The molecular formula is C23H30N8O2S. The summed E-state index contributed by atoms with van der Waals surface area (Å²) in [5.74, 6) is 11.4. The third-order valence-electron chi connectivity index (χ3n) is 5.53. The highest BCUT2D eigenvalue weighted by Gasteiger charge is 2.29. The van der Waals surface area contributed by atoms with Gasteiger partial charge in [0.05, 0.1) is 16.3 Å². The van der Waals surface area contributed by atoms with Crippen molar-refractivity contribution in [2.24, 2.45) is 22.2 Å². The van der Waals surface area contributed by atoms with Gasteiger partial charge < -0.3 is 26.1 Å². The lowest BCUT2D eigenvalue weighted by atomic mass is 9.94. The molecule has 1 aliphatic rings. The van der Waals surface area contributed by atoms with Crippen LogP contribution in [0.1, 0.15) is 26.3 Å². The van der Waals surface area contributed by atoms with Gasteiger partial charge in [-0.2, -0.15) is 10.4 Å². The number of hydrogen-bond donors (Lipinski definition) is 4. The van der Waals surface area contributed by atoms with Crippen molar-refractivity contribution in [3.8, 4) is 17.2 Å². The molecule has 0 atom stereocenters. The van der Waals surface area contributed by atoms with Crippen LogP contribution in [0.25, 0.3) is 11.1 Å². The van der Waals surface area contributed by atoms with Crippen molar-refractivity contribution < 1.29 is 4.79 Å². The van der Waals surface area contributed by atoms with Gasteiger partial charge in [-0.3, -0.25) is 9.59 Å². The molecule has 0 radical (unpaired) electrons. The lowest BCUT2D eigenvalue weighted by Gasteiger charge is -2.38. The van der Waals surface area contributed by atoms with Crippen molar-refractivity contribution in [1.82, 2.24) is 15.3 Å². The molecule has 2 heterocycles. The summed E-state index contributed by atoms with van der Waals surface area (Å²) >= 11 is 1.21. The second-order valence-electron chi connectivity index (χ2n) is 8.95. The minimum atomic E-state index is -0.400. The number of pyridine rings is 1. The molecule has 1 aromatic heterocycles. The standard InChI is InChI=1S/C23H30N8O2S/c1-23(2,3)22(33)31-9-7-30(8-10-31)16-6-4-5-15(11-16)17-12-20(32)27-21(18(17)13-24)34-14-19(28-25)29-26/h4-6,11-12H,7-10,14,25-26H2,1-3H3,(H,27,32)(H,28,29). The number of nitrogens with one attached hydrogen (secondary N) is 2. The molecule has 1 amide bonds. The Morgan fingerprint density at radius 1 is 1.26 bits per heavy atom. The average Bonchev–Trinajstić information content (AvgIpc) is 2.83. The Balaban J connectivity index is 1.85. The van der Waals surface area contributed by atoms with Crippen LogP contribution in [-0.2, 0) is 4.79 Å². The number of aromatic amines is 1. The minimum absolute atomic E-state index is 0.153. The number of nitrogens with two attached hydrogens (primary N) is 2. The largest absolute Gasteiger partial charge is 0.368 e. The summed E-state index contributed by atoms with van der Waals surface area (Å²) < 4.78 is 0. The van der Waals surface area contributed by atoms with E-state index in [0.29, 0.717) is 48.2 Å². The number of carbonyl (C=O) groups is 1. The molecular weight excluding hydrogens is 452 g/mol. The molecule has 180 valence electrons. The summed E-state index contributed by atoms with van der Waals surface area (Å²) in [5.41, 5.74) is 4.31. The van der Waals surface area contributed by atoms with Gasteiger partial charge in [0.15, 0.2) is 0 Å². The third-order valence-corrected chi connectivity index (χ3v) is 6.54. The van der Waals surface area contributed by atoms with Crippen molar-refractivity contribution in [3.63, 3.8) is 0 Å². The Kier molecular flexibility index (Phi) is 7.86. The van der Waals surface area contributed by atoms with Gasteiger partial charge in [-0.1, -0.05) is 44.7 Å². The van der Waals surface area contributed by atoms with Gasteiger partial charge in [-0.05, 0) is 17.7 Å². The second-order valence-corrected chi connectivity index (χ2v) is 9.94. The van der Waals surface area contributed by atoms with Gasteiger partial charge in [-0.25, -0.2) is 5.84 Å². The topological polar surface area (TPSA) is 157 Å². The zero-order valence-corrected chi connectivity index (χ0v) is 20.4. The van der Waals surface area contributed by atoms with E-state index in [1.54, 1.807) is 0 Å². The predicted molar refractivity (Wildman–Crippen MR) is 135 cm³/mol. The number of anilines is 1. The Labute approximate surface area is 203 Å². The summed E-state index contributed by atoms with van der Waals surface area (Å²) in [6.45, 7) is 8.51. The van der Waals surface area contributed by atoms with E-state index in [9.17, 15) is 14.9 Å². The van der Waals surface area contributed by atoms with Crippen molar-refractivity contribution in [2.75, 3.05) is 36.8 Å². The number of benzene rings is 1. The maximum atomic E-state index is 12.6. The molecule has 0 unspecified atom stereocenters. The number of nitriles is 1. The van der Waals surface area contributed by atoms with E-state index in [1.165, 1.54) is 17.8 Å². The van der Waals surface area contributed by atoms with Crippen LogP contribution in [0.5, 0.6) is 0 Å². The molecule has 10 nitrogen and oxygen atoms in total. The van der Waals surface area contributed by atoms with Crippen molar-refractivity contribution >= 4 is 29.2 Å². The number of carbonyl (C=O) groups excluding carboxylic acids is 1. The van der Waals surface area contributed by atoms with Gasteiger partial charge in [0.1, 0.15) is 11.9 Å². The van der Waals surface area contributed by atoms with Crippen LogP contribution >= 0.6 is 11.8 Å². The zero-order valence-electron chi connectivity index (χ0n) is 19.6. The first kappa shape index (κ1) is 25.1. The molecule has 11 heteroatoms. The van der Waals surface area contributed by atoms with Crippen LogP contribution in [0.4, 0.5) is 5.69 Å². The lowest BCUT2D eigenvalue weighted by Crippen LogP contribution is -2.51. The Bertz CT molecular complexity index is 1170. The highest BCUT2D eigenvalue weighted by atomic mass is 32.2. The molecule has 0 bridgehead atoms. The number of amidine groups is 1. The third kappa shape index (κ3) is 5.70. The highest BCUT2D eigenvalue weighted by Crippen LogP contribution is 2.31. The van der Waals surface area contributed by atoms with Gasteiger partial charge >= 0.3 is 0 Å². The fourth-order valence-corrected chi connectivity index (χ4v) is 4.66. The van der Waals surface area contributed by atoms with Crippen LogP contribution in [0.15, 0.2) is 45.3 Å². The quantitative estimate of drug-likeness (QED) is 0.164. The number of nitrogens with zero attached hydrogens (tertiary/aromatic N) is 4. The van der Waals surface area contributed by atoms with Crippen LogP contribution in [0.3, 0.4) is 0 Å². The molecule has 1 fully saturated rings. The van der Waals surface area contributed by atoms with Crippen molar-refractivity contribution in [2.45, 2.75) is 25.8 Å². The van der Waals surface area contributed by atoms with E-state index in [0.717, 1.165) is 11.3 Å². The van der Waals surface area contributed by atoms with E-state index < -0.39 is 5.41 Å². The van der Waals surface area contributed by atoms with E-state index >= 15 is 0 Å². The van der Waals surface area contributed by atoms with E-state index in [4.69, 9.17) is 11.7 Å². The number of hydrogen-bond acceptors (Lipinski definition) is 8. The van der Waals surface area contributed by atoms with E-state index in [2.05, 4.69) is 26.5 Å². The number of H-pyrrole nitrogens is 1. The molecule has 3 rings (SSSR count). The smallest absolute Gasteiger partial charge is 0.249 e. The lowest BCUT2D eigenvalue weighted by molar-refractivity contribution is -0.139. The number of rotatable bonds is 5. The Hall–Kier alpha value is -3.49. The fourth-order valence-electron chi connectivity index (χ4n) is 3.75. The van der Waals surface area contributed by atoms with Crippen LogP contribution < -0.4 is 27.6 Å². The normalized spacial score (nSPS) is 14.6. The maximum absolute atomic E-state index is 12.6. The average molecular weight is 483 g/mol. The van der Waals surface area contributed by atoms with Crippen molar-refractivity contribution in [1.29, 1.82) is 5.26 Å². The van der Waals surface area contributed by atoms with Crippen molar-refractivity contribution in [3.05, 3.63) is 46.2 Å². The molecule has 0 saturated carbocycles. The Morgan fingerprint density at radius 2 is 1.97 bits per heavy atom.